The van der Waals surface area contributed by atoms with Crippen LogP contribution in [0.3, 0.4) is 0 Å². The highest BCUT2D eigenvalue weighted by atomic mass is 15.2. The zero-order chi connectivity index (χ0) is 13.1. The number of nitrogens with zero attached hydrogens (tertiary/aromatic N) is 1. The van der Waals surface area contributed by atoms with Crippen molar-refractivity contribution in [3.8, 4) is 0 Å². The number of hydrogen-bond donors (Lipinski definition) is 1. The Bertz CT molecular complexity index is 398. The van der Waals surface area contributed by atoms with Crippen molar-refractivity contribution in [2.75, 3.05) is 25.0 Å². The third kappa shape index (κ3) is 3.11. The molecule has 3 rings (SSSR count). The molecule has 1 aromatic carbocycles. The van der Waals surface area contributed by atoms with Crippen LogP contribution < -0.4 is 5.32 Å². The number of hydrogen-bond acceptors (Lipinski definition) is 2. The molecular weight excluding hydrogens is 232 g/mol. The molecule has 0 radical (unpaired) electrons. The lowest BCUT2D eigenvalue weighted by atomic mass is 9.92. The van der Waals surface area contributed by atoms with E-state index in [2.05, 4.69) is 41.4 Å². The summed E-state index contributed by atoms with van der Waals surface area (Å²) in [5.41, 5.74) is 2.58. The van der Waals surface area contributed by atoms with Crippen molar-refractivity contribution in [1.29, 1.82) is 0 Å². The zero-order valence-corrected chi connectivity index (χ0v) is 12.1. The number of piperidine rings is 1. The van der Waals surface area contributed by atoms with Crippen LogP contribution in [0.2, 0.25) is 0 Å². The largest absolute Gasteiger partial charge is 0.384 e. The topological polar surface area (TPSA) is 15.3 Å². The molecule has 0 bridgehead atoms. The molecule has 1 aliphatic heterocycles. The lowest BCUT2D eigenvalue weighted by Gasteiger charge is -2.37. The van der Waals surface area contributed by atoms with Crippen LogP contribution in [0.1, 0.15) is 37.7 Å². The van der Waals surface area contributed by atoms with Gasteiger partial charge in [-0.2, -0.15) is 0 Å². The first kappa shape index (κ1) is 13.0. The Labute approximate surface area is 117 Å². The normalized spacial score (nSPS) is 27.2. The molecule has 1 aromatic rings. The SMILES string of the molecule is Cc1ccc(NCCN2CCCC3CCCC32)cc1. The summed E-state index contributed by atoms with van der Waals surface area (Å²) in [6.45, 7) is 5.73. The Kier molecular flexibility index (Phi) is 4.07. The minimum Gasteiger partial charge on any atom is -0.384 e. The zero-order valence-electron chi connectivity index (χ0n) is 12.1. The number of fused-ring (bicyclic) bond motifs is 1. The second kappa shape index (κ2) is 5.96. The minimum absolute atomic E-state index is 0.897. The fourth-order valence-corrected chi connectivity index (χ4v) is 3.85. The van der Waals surface area contributed by atoms with Gasteiger partial charge in [-0.15, -0.1) is 0 Å². The van der Waals surface area contributed by atoms with Crippen LogP contribution in [0.4, 0.5) is 5.69 Å². The molecule has 1 N–H and O–H groups in total. The van der Waals surface area contributed by atoms with Crippen molar-refractivity contribution in [2.45, 2.75) is 45.1 Å². The molecule has 1 saturated carbocycles. The third-order valence-electron chi connectivity index (χ3n) is 4.89. The van der Waals surface area contributed by atoms with Crippen molar-refractivity contribution in [3.63, 3.8) is 0 Å². The molecule has 2 aliphatic rings. The quantitative estimate of drug-likeness (QED) is 0.886. The Balaban J connectivity index is 1.48. The first-order chi connectivity index (χ1) is 9.33. The minimum atomic E-state index is 0.897. The van der Waals surface area contributed by atoms with Gasteiger partial charge in [0.15, 0.2) is 0 Å². The van der Waals surface area contributed by atoms with Gasteiger partial charge < -0.3 is 5.32 Å². The van der Waals surface area contributed by atoms with Gasteiger partial charge >= 0.3 is 0 Å². The van der Waals surface area contributed by atoms with E-state index in [-0.39, 0.29) is 0 Å². The molecule has 0 aromatic heterocycles. The van der Waals surface area contributed by atoms with E-state index in [1.54, 1.807) is 0 Å². The maximum Gasteiger partial charge on any atom is 0.0340 e. The molecule has 1 heterocycles. The summed E-state index contributed by atoms with van der Waals surface area (Å²) in [4.78, 5) is 2.74. The average Bonchev–Trinajstić information content (AvgIpc) is 2.90. The maximum absolute atomic E-state index is 3.56. The van der Waals surface area contributed by atoms with Crippen LogP contribution in [0, 0.1) is 12.8 Å². The Morgan fingerprint density at radius 1 is 1.11 bits per heavy atom. The van der Waals surface area contributed by atoms with E-state index >= 15 is 0 Å². The highest BCUT2D eigenvalue weighted by Crippen LogP contribution is 2.36. The fraction of sp³-hybridized carbons (Fsp3) is 0.647. The number of likely N-dealkylation sites (tertiary alicyclic amines) is 1. The van der Waals surface area contributed by atoms with Crippen LogP contribution in [-0.2, 0) is 0 Å². The predicted octanol–water partition coefficient (Wildman–Crippen LogP) is 3.67. The van der Waals surface area contributed by atoms with Crippen molar-refractivity contribution in [1.82, 2.24) is 4.90 Å². The molecule has 2 heteroatoms. The summed E-state index contributed by atoms with van der Waals surface area (Å²) in [5.74, 6) is 1.01. The van der Waals surface area contributed by atoms with Gasteiger partial charge in [-0.1, -0.05) is 24.1 Å². The summed E-state index contributed by atoms with van der Waals surface area (Å²) in [7, 11) is 0. The van der Waals surface area contributed by atoms with Gasteiger partial charge in [-0.05, 0) is 57.2 Å². The van der Waals surface area contributed by atoms with E-state index in [1.807, 2.05) is 0 Å². The van der Waals surface area contributed by atoms with E-state index < -0.39 is 0 Å². The number of nitrogens with one attached hydrogen (secondary N) is 1. The fourth-order valence-electron chi connectivity index (χ4n) is 3.85. The lowest BCUT2D eigenvalue weighted by Crippen LogP contribution is -2.44. The molecule has 2 nitrogen and oxygen atoms in total. The Morgan fingerprint density at radius 3 is 2.74 bits per heavy atom. The van der Waals surface area contributed by atoms with Gasteiger partial charge in [0.05, 0.1) is 0 Å². The maximum atomic E-state index is 3.56. The summed E-state index contributed by atoms with van der Waals surface area (Å²) < 4.78 is 0. The highest BCUT2D eigenvalue weighted by molar-refractivity contribution is 5.44. The molecule has 0 spiro atoms. The average molecular weight is 258 g/mol. The van der Waals surface area contributed by atoms with Crippen LogP contribution >= 0.6 is 0 Å². The van der Waals surface area contributed by atoms with Crippen LogP contribution in [0.5, 0.6) is 0 Å². The number of aryl methyl sites for hydroxylation is 1. The number of benzene rings is 1. The predicted molar refractivity (Wildman–Crippen MR) is 81.6 cm³/mol. The van der Waals surface area contributed by atoms with Gasteiger partial charge in [0.25, 0.3) is 0 Å². The third-order valence-corrected chi connectivity index (χ3v) is 4.89. The Hall–Kier alpha value is -1.02. The van der Waals surface area contributed by atoms with E-state index in [9.17, 15) is 0 Å². The summed E-state index contributed by atoms with van der Waals surface area (Å²) >= 11 is 0. The van der Waals surface area contributed by atoms with Crippen molar-refractivity contribution >= 4 is 5.69 Å². The van der Waals surface area contributed by atoms with E-state index in [0.717, 1.165) is 18.5 Å². The first-order valence-electron chi connectivity index (χ1n) is 7.87. The van der Waals surface area contributed by atoms with Crippen molar-refractivity contribution < 1.29 is 0 Å². The van der Waals surface area contributed by atoms with Crippen LogP contribution in [0.25, 0.3) is 0 Å². The van der Waals surface area contributed by atoms with E-state index in [1.165, 1.54) is 56.4 Å². The summed E-state index contributed by atoms with van der Waals surface area (Å²) in [6.07, 6.45) is 7.26. The second-order valence-corrected chi connectivity index (χ2v) is 6.23. The molecule has 1 aliphatic carbocycles. The van der Waals surface area contributed by atoms with E-state index in [4.69, 9.17) is 0 Å². The smallest absolute Gasteiger partial charge is 0.0340 e. The molecular formula is C17H26N2. The first-order valence-corrected chi connectivity index (χ1v) is 7.87. The van der Waals surface area contributed by atoms with Crippen molar-refractivity contribution in [3.05, 3.63) is 29.8 Å². The van der Waals surface area contributed by atoms with Gasteiger partial charge in [0.2, 0.25) is 0 Å². The van der Waals surface area contributed by atoms with Crippen LogP contribution in [-0.4, -0.2) is 30.6 Å². The molecule has 0 amide bonds. The molecule has 2 atom stereocenters. The standard InChI is InChI=1S/C17H26N2/c1-14-7-9-16(10-8-14)18-11-13-19-12-3-5-15-4-2-6-17(15)19/h7-10,15,17-18H,2-6,11-13H2,1H3. The van der Waals surface area contributed by atoms with Crippen LogP contribution in [0.15, 0.2) is 24.3 Å². The number of anilines is 1. The van der Waals surface area contributed by atoms with Gasteiger partial charge in [-0.3, -0.25) is 4.90 Å². The molecule has 1 saturated heterocycles. The second-order valence-electron chi connectivity index (χ2n) is 6.23. The summed E-state index contributed by atoms with van der Waals surface area (Å²) in [6, 6.07) is 9.62. The van der Waals surface area contributed by atoms with Gasteiger partial charge in [0, 0.05) is 24.8 Å². The molecule has 19 heavy (non-hydrogen) atoms. The Morgan fingerprint density at radius 2 is 1.89 bits per heavy atom. The monoisotopic (exact) mass is 258 g/mol. The number of rotatable bonds is 4. The van der Waals surface area contributed by atoms with Gasteiger partial charge in [0.1, 0.15) is 0 Å². The molecule has 104 valence electrons. The van der Waals surface area contributed by atoms with E-state index in [0.29, 0.717) is 0 Å². The molecule has 2 unspecified atom stereocenters. The van der Waals surface area contributed by atoms with Crippen molar-refractivity contribution in [2.24, 2.45) is 5.92 Å². The highest BCUT2D eigenvalue weighted by Gasteiger charge is 2.34. The van der Waals surface area contributed by atoms with Gasteiger partial charge in [-0.25, -0.2) is 0 Å². The lowest BCUT2D eigenvalue weighted by molar-refractivity contribution is 0.118. The molecule has 2 fully saturated rings. The summed E-state index contributed by atoms with van der Waals surface area (Å²) in [5, 5.41) is 3.56.